The lowest BCUT2D eigenvalue weighted by molar-refractivity contribution is 0.174. The van der Waals surface area contributed by atoms with Crippen LogP contribution in [0.15, 0.2) is 30.6 Å². The molecule has 0 amide bonds. The van der Waals surface area contributed by atoms with Gasteiger partial charge in [0.2, 0.25) is 0 Å². The Morgan fingerprint density at radius 2 is 2.00 bits per heavy atom. The second-order valence-electron chi connectivity index (χ2n) is 7.44. The maximum absolute atomic E-state index is 14.8. The topological polar surface area (TPSA) is 60.0 Å². The van der Waals surface area contributed by atoms with Crippen molar-refractivity contribution in [1.82, 2.24) is 29.7 Å². The third-order valence-corrected chi connectivity index (χ3v) is 5.32. The number of alkyl halides is 1. The van der Waals surface area contributed by atoms with E-state index < -0.39 is 12.0 Å². The summed E-state index contributed by atoms with van der Waals surface area (Å²) >= 11 is 0. The van der Waals surface area contributed by atoms with E-state index in [0.29, 0.717) is 29.6 Å². The van der Waals surface area contributed by atoms with E-state index in [2.05, 4.69) is 20.5 Å². The van der Waals surface area contributed by atoms with E-state index in [1.54, 1.807) is 15.4 Å². The number of halogens is 2. The Labute approximate surface area is 160 Å². The van der Waals surface area contributed by atoms with E-state index in [1.807, 2.05) is 32.2 Å². The minimum absolute atomic E-state index is 0.255. The number of fused-ring (bicyclic) bond motifs is 2. The smallest absolute Gasteiger partial charge is 0.156 e. The molecule has 144 valence electrons. The molecule has 1 N–H and O–H groups in total. The summed E-state index contributed by atoms with van der Waals surface area (Å²) in [4.78, 5) is 4.45. The van der Waals surface area contributed by atoms with Crippen LogP contribution in [0.25, 0.3) is 27.8 Å². The van der Waals surface area contributed by atoms with E-state index in [1.165, 1.54) is 6.07 Å². The van der Waals surface area contributed by atoms with Gasteiger partial charge in [0.1, 0.15) is 11.7 Å². The molecule has 0 spiro atoms. The molecule has 3 aromatic heterocycles. The first-order chi connectivity index (χ1) is 13.5. The van der Waals surface area contributed by atoms with Gasteiger partial charge in [-0.3, -0.25) is 4.68 Å². The first kappa shape index (κ1) is 17.2. The van der Waals surface area contributed by atoms with Gasteiger partial charge in [-0.2, -0.15) is 10.2 Å². The summed E-state index contributed by atoms with van der Waals surface area (Å²) in [6.45, 7) is 4.88. The number of nitrogens with one attached hydrogen (secondary N) is 1. The van der Waals surface area contributed by atoms with Crippen molar-refractivity contribution in [3.05, 3.63) is 47.7 Å². The van der Waals surface area contributed by atoms with Crippen LogP contribution in [0, 0.1) is 19.7 Å². The maximum atomic E-state index is 14.8. The largest absolute Gasteiger partial charge is 0.314 e. The second-order valence-corrected chi connectivity index (χ2v) is 7.44. The summed E-state index contributed by atoms with van der Waals surface area (Å²) in [5.41, 5.74) is 4.19. The van der Waals surface area contributed by atoms with Gasteiger partial charge in [0, 0.05) is 23.7 Å². The Balaban J connectivity index is 1.61. The quantitative estimate of drug-likeness (QED) is 0.577. The third kappa shape index (κ3) is 2.75. The SMILES string of the molecule is Cc1cn2nc(-c3cc(F)c4nn([C@@H]5CCNC[C@H]5F)cc4c3)cc(C)c2n1. The van der Waals surface area contributed by atoms with Crippen LogP contribution in [0.3, 0.4) is 0 Å². The second kappa shape index (κ2) is 6.34. The third-order valence-electron chi connectivity index (χ3n) is 5.32. The van der Waals surface area contributed by atoms with Crippen molar-refractivity contribution < 1.29 is 8.78 Å². The van der Waals surface area contributed by atoms with Crippen molar-refractivity contribution in [2.45, 2.75) is 32.5 Å². The molecule has 1 fully saturated rings. The molecule has 0 radical (unpaired) electrons. The van der Waals surface area contributed by atoms with Gasteiger partial charge in [0.25, 0.3) is 0 Å². The van der Waals surface area contributed by atoms with E-state index >= 15 is 0 Å². The highest BCUT2D eigenvalue weighted by Gasteiger charge is 2.27. The Kier molecular flexibility index (Phi) is 3.90. The van der Waals surface area contributed by atoms with Gasteiger partial charge < -0.3 is 5.32 Å². The zero-order valence-electron chi connectivity index (χ0n) is 15.7. The summed E-state index contributed by atoms with van der Waals surface area (Å²) in [5.74, 6) is -0.433. The zero-order chi connectivity index (χ0) is 19.4. The lowest BCUT2D eigenvalue weighted by atomic mass is 10.1. The van der Waals surface area contributed by atoms with Crippen molar-refractivity contribution in [3.8, 4) is 11.3 Å². The van der Waals surface area contributed by atoms with Gasteiger partial charge in [-0.15, -0.1) is 0 Å². The van der Waals surface area contributed by atoms with Crippen molar-refractivity contribution in [3.63, 3.8) is 0 Å². The number of piperidine rings is 1. The summed E-state index contributed by atoms with van der Waals surface area (Å²) < 4.78 is 32.4. The standard InChI is InChI=1S/C20H20F2N6/c1-11-5-17(25-28-9-12(2)24-20(11)28)13-6-14-10-27(26-19(14)15(21)7-13)18-3-4-23-8-16(18)22/h5-7,9-10,16,18,23H,3-4,8H2,1-2H3/t16-,18-/m1/s1. The lowest BCUT2D eigenvalue weighted by Crippen LogP contribution is -2.39. The van der Waals surface area contributed by atoms with Crippen LogP contribution < -0.4 is 5.32 Å². The van der Waals surface area contributed by atoms with Crippen LogP contribution in [0.1, 0.15) is 23.7 Å². The highest BCUT2D eigenvalue weighted by Crippen LogP contribution is 2.29. The molecule has 4 heterocycles. The molecule has 1 aliphatic heterocycles. The molecule has 6 nitrogen and oxygen atoms in total. The average Bonchev–Trinajstić information content (AvgIpc) is 3.25. The normalized spacial score (nSPS) is 20.3. The number of benzene rings is 1. The molecule has 4 aromatic rings. The number of nitrogens with zero attached hydrogens (tertiary/aromatic N) is 5. The Morgan fingerprint density at radius 3 is 2.82 bits per heavy atom. The highest BCUT2D eigenvalue weighted by atomic mass is 19.1. The van der Waals surface area contributed by atoms with Gasteiger partial charge in [0.15, 0.2) is 11.5 Å². The van der Waals surface area contributed by atoms with Crippen LogP contribution in [0.2, 0.25) is 0 Å². The minimum Gasteiger partial charge on any atom is -0.314 e. The molecule has 0 bridgehead atoms. The fraction of sp³-hybridized carbons (Fsp3) is 0.350. The van der Waals surface area contributed by atoms with Crippen molar-refractivity contribution in [1.29, 1.82) is 0 Å². The van der Waals surface area contributed by atoms with E-state index in [9.17, 15) is 8.78 Å². The molecule has 0 saturated carbocycles. The van der Waals surface area contributed by atoms with Gasteiger partial charge in [-0.05, 0) is 50.6 Å². The lowest BCUT2D eigenvalue weighted by Gasteiger charge is -2.26. The molecular weight excluding hydrogens is 362 g/mol. The molecule has 2 atom stereocenters. The fourth-order valence-electron chi connectivity index (χ4n) is 3.92. The van der Waals surface area contributed by atoms with Crippen LogP contribution in [-0.2, 0) is 0 Å². The minimum atomic E-state index is -1.04. The number of imidazole rings is 1. The average molecular weight is 382 g/mol. The van der Waals surface area contributed by atoms with Crippen molar-refractivity contribution in [2.24, 2.45) is 0 Å². The van der Waals surface area contributed by atoms with Crippen LogP contribution >= 0.6 is 0 Å². The number of rotatable bonds is 2. The monoisotopic (exact) mass is 382 g/mol. The van der Waals surface area contributed by atoms with Crippen LogP contribution in [-0.4, -0.2) is 43.6 Å². The van der Waals surface area contributed by atoms with Crippen LogP contribution in [0.5, 0.6) is 0 Å². The number of aryl methyl sites for hydroxylation is 2. The van der Waals surface area contributed by atoms with Gasteiger partial charge in [-0.25, -0.2) is 18.3 Å². The van der Waals surface area contributed by atoms with E-state index in [4.69, 9.17) is 0 Å². The first-order valence-corrected chi connectivity index (χ1v) is 9.37. The molecule has 8 heteroatoms. The Hall–Kier alpha value is -2.87. The molecule has 1 aromatic carbocycles. The summed E-state index contributed by atoms with van der Waals surface area (Å²) in [6, 6.07) is 4.82. The highest BCUT2D eigenvalue weighted by molar-refractivity contribution is 5.84. The predicted octanol–water partition coefficient (Wildman–Crippen LogP) is 3.37. The molecule has 1 saturated heterocycles. The molecule has 0 unspecified atom stereocenters. The van der Waals surface area contributed by atoms with E-state index in [0.717, 1.165) is 23.4 Å². The van der Waals surface area contributed by atoms with E-state index in [-0.39, 0.29) is 11.6 Å². The van der Waals surface area contributed by atoms with Gasteiger partial charge in [0.05, 0.1) is 23.6 Å². The van der Waals surface area contributed by atoms with Crippen molar-refractivity contribution >= 4 is 16.6 Å². The maximum Gasteiger partial charge on any atom is 0.156 e. The summed E-state index contributed by atoms with van der Waals surface area (Å²) in [6.07, 6.45) is 3.16. The predicted molar refractivity (Wildman–Crippen MR) is 103 cm³/mol. The molecule has 5 rings (SSSR count). The molecule has 28 heavy (non-hydrogen) atoms. The van der Waals surface area contributed by atoms with Gasteiger partial charge in [-0.1, -0.05) is 0 Å². The summed E-state index contributed by atoms with van der Waals surface area (Å²) in [7, 11) is 0. The number of hydrogen-bond acceptors (Lipinski definition) is 4. The number of aromatic nitrogens is 5. The Bertz CT molecular complexity index is 1190. The fourth-order valence-corrected chi connectivity index (χ4v) is 3.92. The van der Waals surface area contributed by atoms with Crippen LogP contribution in [0.4, 0.5) is 8.78 Å². The zero-order valence-corrected chi connectivity index (χ0v) is 15.7. The Morgan fingerprint density at radius 1 is 1.14 bits per heavy atom. The van der Waals surface area contributed by atoms with Gasteiger partial charge >= 0.3 is 0 Å². The molecule has 0 aliphatic carbocycles. The summed E-state index contributed by atoms with van der Waals surface area (Å²) in [5, 5.41) is 12.6. The first-order valence-electron chi connectivity index (χ1n) is 9.37. The number of hydrogen-bond donors (Lipinski definition) is 1. The molecular formula is C20H20F2N6. The molecule has 1 aliphatic rings. The van der Waals surface area contributed by atoms with Crippen molar-refractivity contribution in [2.75, 3.05) is 13.1 Å².